The molecule has 1 saturated heterocycles. The van der Waals surface area contributed by atoms with Gasteiger partial charge in [0.05, 0.1) is 25.7 Å². The van der Waals surface area contributed by atoms with E-state index in [2.05, 4.69) is 0 Å². The summed E-state index contributed by atoms with van der Waals surface area (Å²) in [4.78, 5) is 26.3. The molecule has 2 aliphatic rings. The largest absolute Gasteiger partial charge is 0.490 e. The van der Waals surface area contributed by atoms with E-state index in [1.54, 1.807) is 30.0 Å². The Bertz CT molecular complexity index is 607. The lowest BCUT2D eigenvalue weighted by Crippen LogP contribution is -2.40. The summed E-state index contributed by atoms with van der Waals surface area (Å²) in [6, 6.07) is 5.31. The summed E-state index contributed by atoms with van der Waals surface area (Å²) < 4.78 is 16.3. The van der Waals surface area contributed by atoms with Gasteiger partial charge in [-0.25, -0.2) is 0 Å². The number of esters is 1. The Morgan fingerprint density at radius 1 is 1.17 bits per heavy atom. The highest BCUT2D eigenvalue weighted by Crippen LogP contribution is 2.31. The molecule has 130 valence electrons. The Balaban J connectivity index is 1.63. The first-order valence-electron chi connectivity index (χ1n) is 8.54. The Morgan fingerprint density at radius 3 is 2.58 bits per heavy atom. The second-order valence-corrected chi connectivity index (χ2v) is 6.03. The van der Waals surface area contributed by atoms with Crippen LogP contribution < -0.4 is 9.47 Å². The number of fused-ring (bicyclic) bond motifs is 1. The number of nitrogens with zero attached hydrogens (tertiary/aromatic N) is 1. The quantitative estimate of drug-likeness (QED) is 0.794. The van der Waals surface area contributed by atoms with Crippen LogP contribution in [0.4, 0.5) is 0 Å². The lowest BCUT2D eigenvalue weighted by molar-refractivity contribution is -0.149. The fraction of sp³-hybridized carbons (Fsp3) is 0.556. The zero-order valence-corrected chi connectivity index (χ0v) is 14.0. The summed E-state index contributed by atoms with van der Waals surface area (Å²) in [5, 5.41) is 0. The fourth-order valence-electron chi connectivity index (χ4n) is 3.06. The minimum Gasteiger partial charge on any atom is -0.490 e. The molecule has 0 atom stereocenters. The molecule has 6 nitrogen and oxygen atoms in total. The summed E-state index contributed by atoms with van der Waals surface area (Å²) in [6.45, 7) is 4.56. The van der Waals surface area contributed by atoms with Crippen LogP contribution in [0.5, 0.6) is 11.5 Å². The first-order valence-corrected chi connectivity index (χ1v) is 8.54. The fourth-order valence-corrected chi connectivity index (χ4v) is 3.06. The van der Waals surface area contributed by atoms with E-state index >= 15 is 0 Å². The first-order chi connectivity index (χ1) is 11.7. The van der Waals surface area contributed by atoms with Crippen molar-refractivity contribution in [3.05, 3.63) is 23.8 Å². The van der Waals surface area contributed by atoms with Crippen LogP contribution in [-0.4, -0.2) is 49.7 Å². The van der Waals surface area contributed by atoms with Gasteiger partial charge in [0.2, 0.25) is 0 Å². The molecular weight excluding hydrogens is 310 g/mol. The maximum atomic E-state index is 12.7. The van der Waals surface area contributed by atoms with Crippen molar-refractivity contribution < 1.29 is 23.8 Å². The molecule has 0 radical (unpaired) electrons. The first kappa shape index (κ1) is 16.6. The SMILES string of the molecule is CCOC(=O)C1CCN(C(=O)c2ccc3c(c2)OCCCO3)CC1. The van der Waals surface area contributed by atoms with E-state index in [1.165, 1.54) is 0 Å². The van der Waals surface area contributed by atoms with Crippen LogP contribution in [0.15, 0.2) is 18.2 Å². The number of rotatable bonds is 3. The van der Waals surface area contributed by atoms with E-state index < -0.39 is 0 Å². The molecule has 2 heterocycles. The molecule has 0 unspecified atom stereocenters. The number of hydrogen-bond acceptors (Lipinski definition) is 5. The highest BCUT2D eigenvalue weighted by atomic mass is 16.5. The second kappa shape index (κ2) is 7.55. The van der Waals surface area contributed by atoms with Gasteiger partial charge in [-0.05, 0) is 38.0 Å². The third kappa shape index (κ3) is 3.63. The van der Waals surface area contributed by atoms with Crippen LogP contribution in [-0.2, 0) is 9.53 Å². The van der Waals surface area contributed by atoms with Crippen molar-refractivity contribution in [1.82, 2.24) is 4.90 Å². The average Bonchev–Trinajstić information content (AvgIpc) is 2.86. The molecular formula is C18H23NO5. The van der Waals surface area contributed by atoms with Gasteiger partial charge in [-0.3, -0.25) is 9.59 Å². The van der Waals surface area contributed by atoms with Crippen molar-refractivity contribution in [3.63, 3.8) is 0 Å². The zero-order chi connectivity index (χ0) is 16.9. The van der Waals surface area contributed by atoms with Gasteiger partial charge in [0.15, 0.2) is 11.5 Å². The number of hydrogen-bond donors (Lipinski definition) is 0. The van der Waals surface area contributed by atoms with E-state index in [9.17, 15) is 9.59 Å². The molecule has 3 rings (SSSR count). The van der Waals surface area contributed by atoms with Gasteiger partial charge in [-0.15, -0.1) is 0 Å². The number of likely N-dealkylation sites (tertiary alicyclic amines) is 1. The maximum absolute atomic E-state index is 12.7. The highest BCUT2D eigenvalue weighted by molar-refractivity contribution is 5.95. The van der Waals surface area contributed by atoms with E-state index in [0.717, 1.165) is 6.42 Å². The summed E-state index contributed by atoms with van der Waals surface area (Å²) in [7, 11) is 0. The van der Waals surface area contributed by atoms with Gasteiger partial charge in [0.1, 0.15) is 0 Å². The summed E-state index contributed by atoms with van der Waals surface area (Å²) >= 11 is 0. The molecule has 24 heavy (non-hydrogen) atoms. The molecule has 0 N–H and O–H groups in total. The Kier molecular flexibility index (Phi) is 5.23. The third-order valence-electron chi connectivity index (χ3n) is 4.40. The minimum atomic E-state index is -0.153. The van der Waals surface area contributed by atoms with Crippen molar-refractivity contribution in [2.75, 3.05) is 32.9 Å². The molecule has 1 amide bonds. The number of carbonyl (C=O) groups is 2. The Hall–Kier alpha value is -2.24. The lowest BCUT2D eigenvalue weighted by Gasteiger charge is -2.31. The molecule has 0 saturated carbocycles. The van der Waals surface area contributed by atoms with Crippen molar-refractivity contribution in [2.24, 2.45) is 5.92 Å². The molecule has 1 aromatic carbocycles. The molecule has 0 bridgehead atoms. The van der Waals surface area contributed by atoms with Crippen LogP contribution >= 0.6 is 0 Å². The average molecular weight is 333 g/mol. The van der Waals surface area contributed by atoms with Gasteiger partial charge >= 0.3 is 5.97 Å². The van der Waals surface area contributed by atoms with Gasteiger partial charge in [-0.2, -0.15) is 0 Å². The Morgan fingerprint density at radius 2 is 1.88 bits per heavy atom. The normalized spacial score (nSPS) is 18.0. The third-order valence-corrected chi connectivity index (χ3v) is 4.40. The smallest absolute Gasteiger partial charge is 0.309 e. The van der Waals surface area contributed by atoms with E-state index in [-0.39, 0.29) is 17.8 Å². The van der Waals surface area contributed by atoms with Gasteiger partial charge < -0.3 is 19.1 Å². The number of amides is 1. The van der Waals surface area contributed by atoms with Crippen molar-refractivity contribution in [1.29, 1.82) is 0 Å². The lowest BCUT2D eigenvalue weighted by atomic mass is 9.96. The summed E-state index contributed by atoms with van der Waals surface area (Å²) in [6.07, 6.45) is 2.13. The van der Waals surface area contributed by atoms with E-state index in [1.807, 2.05) is 0 Å². The molecule has 2 aliphatic heterocycles. The minimum absolute atomic E-state index is 0.0343. The number of benzene rings is 1. The zero-order valence-electron chi connectivity index (χ0n) is 14.0. The van der Waals surface area contributed by atoms with Gasteiger partial charge in [-0.1, -0.05) is 0 Å². The number of ether oxygens (including phenoxy) is 3. The highest BCUT2D eigenvalue weighted by Gasteiger charge is 2.29. The van der Waals surface area contributed by atoms with Gasteiger partial charge in [0, 0.05) is 25.1 Å². The van der Waals surface area contributed by atoms with E-state index in [0.29, 0.717) is 62.8 Å². The monoisotopic (exact) mass is 333 g/mol. The molecule has 0 aromatic heterocycles. The van der Waals surface area contributed by atoms with Crippen LogP contribution in [0.25, 0.3) is 0 Å². The molecule has 6 heteroatoms. The predicted molar refractivity (Wildman–Crippen MR) is 87.3 cm³/mol. The van der Waals surface area contributed by atoms with Crippen LogP contribution in [0.1, 0.15) is 36.5 Å². The van der Waals surface area contributed by atoms with Crippen LogP contribution in [0.2, 0.25) is 0 Å². The topological polar surface area (TPSA) is 65.1 Å². The predicted octanol–water partition coefficient (Wildman–Crippen LogP) is 2.26. The van der Waals surface area contributed by atoms with E-state index in [4.69, 9.17) is 14.2 Å². The summed E-state index contributed by atoms with van der Waals surface area (Å²) in [5.74, 6) is 1.02. The molecule has 1 fully saturated rings. The van der Waals surface area contributed by atoms with Crippen molar-refractivity contribution in [2.45, 2.75) is 26.2 Å². The van der Waals surface area contributed by atoms with Crippen LogP contribution in [0.3, 0.4) is 0 Å². The second-order valence-electron chi connectivity index (χ2n) is 6.03. The molecule has 0 aliphatic carbocycles. The number of carbonyl (C=O) groups excluding carboxylic acids is 2. The maximum Gasteiger partial charge on any atom is 0.309 e. The standard InChI is InChI=1S/C18H23NO5/c1-2-22-18(21)13-6-8-19(9-7-13)17(20)14-4-5-15-16(12-14)24-11-3-10-23-15/h4-5,12-13H,2-3,6-11H2,1H3. The molecule has 1 aromatic rings. The van der Waals surface area contributed by atoms with Crippen LogP contribution in [0, 0.1) is 5.92 Å². The van der Waals surface area contributed by atoms with Crippen molar-refractivity contribution in [3.8, 4) is 11.5 Å². The Labute approximate surface area is 141 Å². The number of piperidine rings is 1. The van der Waals surface area contributed by atoms with Gasteiger partial charge in [0.25, 0.3) is 5.91 Å². The molecule has 0 spiro atoms. The summed E-state index contributed by atoms with van der Waals surface area (Å²) in [5.41, 5.74) is 0.592. The van der Waals surface area contributed by atoms with Crippen molar-refractivity contribution >= 4 is 11.9 Å².